The molecule has 0 spiro atoms. The Morgan fingerprint density at radius 1 is 1.50 bits per heavy atom. The van der Waals surface area contributed by atoms with Gasteiger partial charge in [0.05, 0.1) is 12.0 Å². The van der Waals surface area contributed by atoms with Crippen molar-refractivity contribution in [2.45, 2.75) is 44.7 Å². The second kappa shape index (κ2) is 4.67. The third-order valence-electron chi connectivity index (χ3n) is 4.31. The maximum atomic E-state index is 12.7. The minimum absolute atomic E-state index is 0.222. The van der Waals surface area contributed by atoms with E-state index in [1.165, 1.54) is 4.88 Å². The Labute approximate surface area is 112 Å². The van der Waals surface area contributed by atoms with Gasteiger partial charge in [0.2, 0.25) is 5.91 Å². The number of carbonyl (C=O) groups excluding carboxylic acids is 1. The first-order valence-electron chi connectivity index (χ1n) is 6.79. The van der Waals surface area contributed by atoms with Crippen molar-refractivity contribution in [1.82, 2.24) is 4.90 Å². The van der Waals surface area contributed by atoms with E-state index in [2.05, 4.69) is 22.4 Å². The molecular weight excluding hydrogens is 244 g/mol. The van der Waals surface area contributed by atoms with Crippen molar-refractivity contribution in [2.24, 2.45) is 11.1 Å². The number of hydrogen-bond donors (Lipinski definition) is 1. The molecular formula is C14H20N2OS. The molecule has 2 aliphatic rings. The topological polar surface area (TPSA) is 46.3 Å². The first-order valence-corrected chi connectivity index (χ1v) is 7.67. The van der Waals surface area contributed by atoms with Crippen molar-refractivity contribution < 1.29 is 4.79 Å². The Kier molecular flexibility index (Phi) is 3.16. The summed E-state index contributed by atoms with van der Waals surface area (Å²) in [6, 6.07) is 4.64. The molecule has 2 saturated carbocycles. The van der Waals surface area contributed by atoms with Gasteiger partial charge in [-0.15, -0.1) is 11.3 Å². The summed E-state index contributed by atoms with van der Waals surface area (Å²) in [4.78, 5) is 16.1. The molecule has 3 rings (SSSR count). The van der Waals surface area contributed by atoms with Crippen LogP contribution in [0.5, 0.6) is 0 Å². The van der Waals surface area contributed by atoms with Crippen molar-refractivity contribution in [3.05, 3.63) is 22.4 Å². The van der Waals surface area contributed by atoms with Crippen LogP contribution in [0.25, 0.3) is 0 Å². The van der Waals surface area contributed by atoms with E-state index in [4.69, 9.17) is 5.73 Å². The first kappa shape index (κ1) is 12.2. The van der Waals surface area contributed by atoms with E-state index in [1.807, 2.05) is 0 Å². The van der Waals surface area contributed by atoms with E-state index in [0.717, 1.165) is 38.6 Å². The monoisotopic (exact) mass is 264 g/mol. The van der Waals surface area contributed by atoms with Crippen LogP contribution in [0, 0.1) is 5.41 Å². The quantitative estimate of drug-likeness (QED) is 0.887. The Bertz CT molecular complexity index is 416. The fraction of sp³-hybridized carbons (Fsp3) is 0.643. The van der Waals surface area contributed by atoms with Crippen LogP contribution in [-0.4, -0.2) is 23.4 Å². The van der Waals surface area contributed by atoms with Gasteiger partial charge >= 0.3 is 0 Å². The standard InChI is InChI=1S/C14H20N2OS/c15-10-14(6-2-7-14)13(17)16(11-4-5-11)9-12-3-1-8-18-12/h1,3,8,11H,2,4-7,9-10,15H2. The summed E-state index contributed by atoms with van der Waals surface area (Å²) in [6.07, 6.45) is 5.45. The van der Waals surface area contributed by atoms with Crippen molar-refractivity contribution in [1.29, 1.82) is 0 Å². The predicted octanol–water partition coefficient (Wildman–Crippen LogP) is 2.37. The van der Waals surface area contributed by atoms with Crippen LogP contribution in [0.3, 0.4) is 0 Å². The lowest BCUT2D eigenvalue weighted by atomic mass is 9.67. The number of rotatable bonds is 5. The van der Waals surface area contributed by atoms with Gasteiger partial charge < -0.3 is 10.6 Å². The summed E-state index contributed by atoms with van der Waals surface area (Å²) in [6.45, 7) is 1.29. The molecule has 0 saturated heterocycles. The van der Waals surface area contributed by atoms with Crippen molar-refractivity contribution in [2.75, 3.05) is 6.54 Å². The summed E-state index contributed by atoms with van der Waals surface area (Å²) >= 11 is 1.73. The maximum Gasteiger partial charge on any atom is 0.230 e. The number of amides is 1. The third-order valence-corrected chi connectivity index (χ3v) is 5.17. The highest BCUT2D eigenvalue weighted by molar-refractivity contribution is 7.09. The molecule has 0 aromatic carbocycles. The number of nitrogens with two attached hydrogens (primary N) is 1. The van der Waals surface area contributed by atoms with Crippen molar-refractivity contribution in [3.63, 3.8) is 0 Å². The first-order chi connectivity index (χ1) is 8.75. The van der Waals surface area contributed by atoms with Gasteiger partial charge in [-0.05, 0) is 37.1 Å². The van der Waals surface area contributed by atoms with E-state index in [9.17, 15) is 4.79 Å². The molecule has 3 nitrogen and oxygen atoms in total. The van der Waals surface area contributed by atoms with Crippen LogP contribution in [-0.2, 0) is 11.3 Å². The minimum Gasteiger partial charge on any atom is -0.334 e. The highest BCUT2D eigenvalue weighted by Crippen LogP contribution is 2.44. The summed E-state index contributed by atoms with van der Waals surface area (Å²) in [7, 11) is 0. The molecule has 18 heavy (non-hydrogen) atoms. The van der Waals surface area contributed by atoms with E-state index in [-0.39, 0.29) is 5.41 Å². The molecule has 2 aliphatic carbocycles. The molecule has 1 aromatic heterocycles. The van der Waals surface area contributed by atoms with Gasteiger partial charge in [0.1, 0.15) is 0 Å². The van der Waals surface area contributed by atoms with Crippen molar-refractivity contribution >= 4 is 17.2 Å². The number of hydrogen-bond acceptors (Lipinski definition) is 3. The molecule has 98 valence electrons. The van der Waals surface area contributed by atoms with Gasteiger partial charge in [-0.2, -0.15) is 0 Å². The summed E-state index contributed by atoms with van der Waals surface area (Å²) in [5.74, 6) is 0.312. The normalized spacial score (nSPS) is 21.4. The lowest BCUT2D eigenvalue weighted by molar-refractivity contribution is -0.148. The van der Waals surface area contributed by atoms with Crippen molar-refractivity contribution in [3.8, 4) is 0 Å². The van der Waals surface area contributed by atoms with Crippen LogP contribution >= 0.6 is 11.3 Å². The van der Waals surface area contributed by atoms with Gasteiger partial charge in [0.25, 0.3) is 0 Å². The van der Waals surface area contributed by atoms with Crippen LogP contribution in [0.15, 0.2) is 17.5 Å². The molecule has 0 unspecified atom stereocenters. The second-order valence-corrected chi connectivity index (χ2v) is 6.61. The molecule has 0 radical (unpaired) electrons. The fourth-order valence-electron chi connectivity index (χ4n) is 2.74. The molecule has 1 aromatic rings. The molecule has 4 heteroatoms. The summed E-state index contributed by atoms with van der Waals surface area (Å²) in [5, 5.41) is 2.08. The summed E-state index contributed by atoms with van der Waals surface area (Å²) < 4.78 is 0. The molecule has 0 bridgehead atoms. The van der Waals surface area contributed by atoms with Gasteiger partial charge in [0, 0.05) is 17.5 Å². The zero-order valence-electron chi connectivity index (χ0n) is 10.6. The van der Waals surface area contributed by atoms with Gasteiger partial charge in [-0.25, -0.2) is 0 Å². The molecule has 2 fully saturated rings. The predicted molar refractivity (Wildman–Crippen MR) is 73.2 cm³/mol. The summed E-state index contributed by atoms with van der Waals surface area (Å²) in [5.41, 5.74) is 5.63. The van der Waals surface area contributed by atoms with E-state index in [0.29, 0.717) is 18.5 Å². The smallest absolute Gasteiger partial charge is 0.230 e. The van der Waals surface area contributed by atoms with Crippen LogP contribution in [0.2, 0.25) is 0 Å². The highest BCUT2D eigenvalue weighted by atomic mass is 32.1. The number of nitrogens with zero attached hydrogens (tertiary/aromatic N) is 1. The van der Waals surface area contributed by atoms with Gasteiger partial charge in [-0.1, -0.05) is 12.5 Å². The SMILES string of the molecule is NCC1(C(=O)N(Cc2cccs2)C2CC2)CCC1. The zero-order chi connectivity index (χ0) is 12.6. The van der Waals surface area contributed by atoms with Crippen LogP contribution in [0.4, 0.5) is 0 Å². The third kappa shape index (κ3) is 2.08. The van der Waals surface area contributed by atoms with Crippen LogP contribution < -0.4 is 5.73 Å². The van der Waals surface area contributed by atoms with Gasteiger partial charge in [0.15, 0.2) is 0 Å². The molecule has 1 amide bonds. The van der Waals surface area contributed by atoms with E-state index < -0.39 is 0 Å². The minimum atomic E-state index is -0.222. The van der Waals surface area contributed by atoms with E-state index in [1.54, 1.807) is 11.3 Å². The lowest BCUT2D eigenvalue weighted by Gasteiger charge is -2.42. The zero-order valence-corrected chi connectivity index (χ0v) is 11.4. The Morgan fingerprint density at radius 3 is 2.72 bits per heavy atom. The Balaban J connectivity index is 1.75. The average molecular weight is 264 g/mol. The molecule has 0 aliphatic heterocycles. The molecule has 2 N–H and O–H groups in total. The second-order valence-electron chi connectivity index (χ2n) is 5.58. The maximum absolute atomic E-state index is 12.7. The van der Waals surface area contributed by atoms with Crippen LogP contribution in [0.1, 0.15) is 37.0 Å². The van der Waals surface area contributed by atoms with E-state index >= 15 is 0 Å². The number of carbonyl (C=O) groups is 1. The Hall–Kier alpha value is -0.870. The fourth-order valence-corrected chi connectivity index (χ4v) is 3.44. The lowest BCUT2D eigenvalue weighted by Crippen LogP contribution is -2.52. The Morgan fingerprint density at radius 2 is 2.28 bits per heavy atom. The largest absolute Gasteiger partial charge is 0.334 e. The molecule has 0 atom stereocenters. The highest BCUT2D eigenvalue weighted by Gasteiger charge is 2.48. The average Bonchev–Trinajstić information content (AvgIpc) is 3.03. The molecule has 1 heterocycles. The van der Waals surface area contributed by atoms with Gasteiger partial charge in [-0.3, -0.25) is 4.79 Å². The number of thiophene rings is 1.